The molecule has 0 saturated heterocycles. The Morgan fingerprint density at radius 1 is 1.57 bits per heavy atom. The molecular weight excluding hydrogens is 180 g/mol. The van der Waals surface area contributed by atoms with E-state index in [1.165, 1.54) is 0 Å². The quantitative estimate of drug-likeness (QED) is 0.772. The molecule has 1 aliphatic carbocycles. The summed E-state index contributed by atoms with van der Waals surface area (Å²) in [5, 5.41) is 9.28. The number of imidazole rings is 1. The lowest BCUT2D eigenvalue weighted by Crippen LogP contribution is -2.32. The predicted molar refractivity (Wildman–Crippen MR) is 51.0 cm³/mol. The second-order valence-corrected chi connectivity index (χ2v) is 4.02. The first-order valence-electron chi connectivity index (χ1n) is 4.87. The first-order chi connectivity index (χ1) is 6.65. The first-order valence-corrected chi connectivity index (χ1v) is 4.87. The third kappa shape index (κ3) is 1.22. The van der Waals surface area contributed by atoms with E-state index in [0.717, 1.165) is 25.7 Å². The average molecular weight is 194 g/mol. The zero-order chi connectivity index (χ0) is 10.2. The molecule has 0 radical (unpaired) electrons. The summed E-state index contributed by atoms with van der Waals surface area (Å²) in [6.07, 6.45) is 6.90. The summed E-state index contributed by atoms with van der Waals surface area (Å²) >= 11 is 0. The SMILES string of the molecule is Cn1cnc(C2(C(=O)O)CCCC2)c1. The topological polar surface area (TPSA) is 55.1 Å². The number of carbonyl (C=O) groups is 1. The largest absolute Gasteiger partial charge is 0.481 e. The Kier molecular flexibility index (Phi) is 2.06. The monoisotopic (exact) mass is 194 g/mol. The van der Waals surface area contributed by atoms with Crippen LogP contribution in [0.3, 0.4) is 0 Å². The van der Waals surface area contributed by atoms with Crippen molar-refractivity contribution in [3.05, 3.63) is 18.2 Å². The molecule has 1 saturated carbocycles. The van der Waals surface area contributed by atoms with Crippen LogP contribution in [0, 0.1) is 0 Å². The van der Waals surface area contributed by atoms with Gasteiger partial charge >= 0.3 is 5.97 Å². The second kappa shape index (κ2) is 3.12. The van der Waals surface area contributed by atoms with Gasteiger partial charge in [-0.15, -0.1) is 0 Å². The van der Waals surface area contributed by atoms with Gasteiger partial charge in [-0.2, -0.15) is 0 Å². The fourth-order valence-electron chi connectivity index (χ4n) is 2.22. The molecule has 4 nitrogen and oxygen atoms in total. The van der Waals surface area contributed by atoms with E-state index in [0.29, 0.717) is 5.69 Å². The lowest BCUT2D eigenvalue weighted by atomic mass is 9.83. The summed E-state index contributed by atoms with van der Waals surface area (Å²) in [5.41, 5.74) is 0.00588. The lowest BCUT2D eigenvalue weighted by molar-refractivity contribution is -0.143. The van der Waals surface area contributed by atoms with Gasteiger partial charge in [0.1, 0.15) is 5.41 Å². The summed E-state index contributed by atoms with van der Waals surface area (Å²) in [6, 6.07) is 0. The van der Waals surface area contributed by atoms with E-state index in [4.69, 9.17) is 0 Å². The van der Waals surface area contributed by atoms with Crippen LogP contribution in [-0.4, -0.2) is 20.6 Å². The molecule has 0 atom stereocenters. The Bertz CT molecular complexity index is 351. The molecule has 2 rings (SSSR count). The highest BCUT2D eigenvalue weighted by Gasteiger charge is 2.44. The maximum absolute atomic E-state index is 11.3. The molecule has 0 aliphatic heterocycles. The maximum atomic E-state index is 11.3. The van der Waals surface area contributed by atoms with Crippen LogP contribution in [0.5, 0.6) is 0 Å². The number of hydrogen-bond acceptors (Lipinski definition) is 2. The molecule has 1 aliphatic rings. The number of carboxylic acids is 1. The predicted octanol–water partition coefficient (Wildman–Crippen LogP) is 1.32. The number of aryl methyl sites for hydroxylation is 1. The molecule has 76 valence electrons. The Balaban J connectivity index is 2.41. The number of nitrogens with zero attached hydrogens (tertiary/aromatic N) is 2. The molecule has 4 heteroatoms. The molecule has 1 fully saturated rings. The molecule has 0 aromatic carbocycles. The molecule has 0 spiro atoms. The molecule has 1 heterocycles. The Morgan fingerprint density at radius 3 is 2.64 bits per heavy atom. The molecule has 14 heavy (non-hydrogen) atoms. The van der Waals surface area contributed by atoms with Gasteiger partial charge in [0.05, 0.1) is 12.0 Å². The van der Waals surface area contributed by atoms with Crippen molar-refractivity contribution in [2.75, 3.05) is 0 Å². The number of aromatic nitrogens is 2. The summed E-state index contributed by atoms with van der Waals surface area (Å²) in [7, 11) is 1.86. The average Bonchev–Trinajstić information content (AvgIpc) is 2.71. The van der Waals surface area contributed by atoms with Gasteiger partial charge in [-0.25, -0.2) is 4.98 Å². The molecule has 1 aromatic heterocycles. The minimum atomic E-state index is -0.728. The highest BCUT2D eigenvalue weighted by atomic mass is 16.4. The first kappa shape index (κ1) is 9.24. The fraction of sp³-hybridized carbons (Fsp3) is 0.600. The summed E-state index contributed by atoms with van der Waals surface area (Å²) < 4.78 is 1.80. The Labute approximate surface area is 82.6 Å². The molecule has 1 aromatic rings. The minimum absolute atomic E-state index is 0.707. The van der Waals surface area contributed by atoms with Crippen LogP contribution in [0.2, 0.25) is 0 Å². The Hall–Kier alpha value is -1.32. The third-order valence-corrected chi connectivity index (χ3v) is 3.06. The van der Waals surface area contributed by atoms with Gasteiger partial charge < -0.3 is 9.67 Å². The van der Waals surface area contributed by atoms with Crippen LogP contribution in [0.1, 0.15) is 31.4 Å². The van der Waals surface area contributed by atoms with Gasteiger partial charge in [-0.05, 0) is 12.8 Å². The zero-order valence-electron chi connectivity index (χ0n) is 8.23. The van der Waals surface area contributed by atoms with Crippen LogP contribution in [0.25, 0.3) is 0 Å². The van der Waals surface area contributed by atoms with E-state index >= 15 is 0 Å². The second-order valence-electron chi connectivity index (χ2n) is 4.02. The number of carboxylic acid groups (broad SMARTS) is 1. The van der Waals surface area contributed by atoms with Gasteiger partial charge in [-0.1, -0.05) is 12.8 Å². The van der Waals surface area contributed by atoms with E-state index in [1.54, 1.807) is 10.9 Å². The molecular formula is C10H14N2O2. The number of rotatable bonds is 2. The van der Waals surface area contributed by atoms with Crippen molar-refractivity contribution in [2.45, 2.75) is 31.1 Å². The third-order valence-electron chi connectivity index (χ3n) is 3.06. The van der Waals surface area contributed by atoms with Gasteiger partial charge in [0, 0.05) is 13.2 Å². The van der Waals surface area contributed by atoms with Crippen molar-refractivity contribution in [2.24, 2.45) is 7.05 Å². The number of hydrogen-bond donors (Lipinski definition) is 1. The summed E-state index contributed by atoms with van der Waals surface area (Å²) in [6.45, 7) is 0. The minimum Gasteiger partial charge on any atom is -0.481 e. The van der Waals surface area contributed by atoms with Gasteiger partial charge in [0.2, 0.25) is 0 Å². The smallest absolute Gasteiger partial charge is 0.315 e. The number of aliphatic carboxylic acids is 1. The van der Waals surface area contributed by atoms with Crippen LogP contribution in [0.4, 0.5) is 0 Å². The summed E-state index contributed by atoms with van der Waals surface area (Å²) in [5.74, 6) is -0.728. The van der Waals surface area contributed by atoms with E-state index in [2.05, 4.69) is 4.98 Å². The van der Waals surface area contributed by atoms with Crippen LogP contribution >= 0.6 is 0 Å². The summed E-state index contributed by atoms with van der Waals surface area (Å²) in [4.78, 5) is 15.5. The van der Waals surface area contributed by atoms with Crippen LogP contribution < -0.4 is 0 Å². The fourth-order valence-corrected chi connectivity index (χ4v) is 2.22. The Morgan fingerprint density at radius 2 is 2.21 bits per heavy atom. The van der Waals surface area contributed by atoms with Gasteiger partial charge in [0.15, 0.2) is 0 Å². The maximum Gasteiger partial charge on any atom is 0.315 e. The zero-order valence-corrected chi connectivity index (χ0v) is 8.23. The van der Waals surface area contributed by atoms with Gasteiger partial charge in [0.25, 0.3) is 0 Å². The van der Waals surface area contributed by atoms with Crippen LogP contribution in [0.15, 0.2) is 12.5 Å². The molecule has 0 unspecified atom stereocenters. The van der Waals surface area contributed by atoms with Crippen LogP contribution in [-0.2, 0) is 17.3 Å². The molecule has 0 amide bonds. The molecule has 0 bridgehead atoms. The van der Waals surface area contributed by atoms with Crippen molar-refractivity contribution in [1.82, 2.24) is 9.55 Å². The van der Waals surface area contributed by atoms with E-state index in [9.17, 15) is 9.90 Å². The van der Waals surface area contributed by atoms with Crippen molar-refractivity contribution < 1.29 is 9.90 Å². The molecule has 1 N–H and O–H groups in total. The normalized spacial score (nSPS) is 19.8. The van der Waals surface area contributed by atoms with E-state index in [1.807, 2.05) is 13.2 Å². The van der Waals surface area contributed by atoms with Crippen molar-refractivity contribution in [3.63, 3.8) is 0 Å². The highest BCUT2D eigenvalue weighted by molar-refractivity contribution is 5.81. The lowest BCUT2D eigenvalue weighted by Gasteiger charge is -2.20. The van der Waals surface area contributed by atoms with E-state index < -0.39 is 11.4 Å². The van der Waals surface area contributed by atoms with Crippen molar-refractivity contribution >= 4 is 5.97 Å². The van der Waals surface area contributed by atoms with E-state index in [-0.39, 0.29) is 0 Å². The standard InChI is InChI=1S/C10H14N2O2/c1-12-6-8(11-7-12)10(9(13)14)4-2-3-5-10/h6-7H,2-5H2,1H3,(H,13,14). The van der Waals surface area contributed by atoms with Gasteiger partial charge in [-0.3, -0.25) is 4.79 Å². The van der Waals surface area contributed by atoms with Crippen molar-refractivity contribution in [3.8, 4) is 0 Å². The van der Waals surface area contributed by atoms with Crippen molar-refractivity contribution in [1.29, 1.82) is 0 Å². The highest BCUT2D eigenvalue weighted by Crippen LogP contribution is 2.40.